The Labute approximate surface area is 208 Å². The molecular weight excluding hydrogens is 434 g/mol. The number of rotatable bonds is 5. The summed E-state index contributed by atoms with van der Waals surface area (Å²) in [7, 11) is 0. The summed E-state index contributed by atoms with van der Waals surface area (Å²) in [6, 6.07) is 15.0. The molecule has 0 N–H and O–H groups in total. The highest BCUT2D eigenvalue weighted by atomic mass is 16.2. The molecule has 5 rings (SSSR count). The third kappa shape index (κ3) is 5.33. The Morgan fingerprint density at radius 3 is 2.37 bits per heavy atom. The fourth-order valence-electron chi connectivity index (χ4n) is 4.99. The summed E-state index contributed by atoms with van der Waals surface area (Å²) in [5.74, 6) is 0.245. The van der Waals surface area contributed by atoms with Crippen LogP contribution in [0.2, 0.25) is 0 Å². The number of carbonyl (C=O) groups is 1. The summed E-state index contributed by atoms with van der Waals surface area (Å²) in [5, 5.41) is 4.56. The van der Waals surface area contributed by atoms with E-state index in [1.54, 1.807) is 0 Å². The number of nitrogens with zero attached hydrogens (tertiary/aromatic N) is 5. The van der Waals surface area contributed by atoms with Gasteiger partial charge in [0.1, 0.15) is 0 Å². The lowest BCUT2D eigenvalue weighted by Gasteiger charge is -2.38. The van der Waals surface area contributed by atoms with Crippen molar-refractivity contribution in [3.05, 3.63) is 83.2 Å². The molecule has 182 valence electrons. The fraction of sp³-hybridized carbons (Fsp3) is 0.379. The van der Waals surface area contributed by atoms with Gasteiger partial charge in [0.2, 0.25) is 5.91 Å². The highest BCUT2D eigenvalue weighted by molar-refractivity contribution is 5.79. The van der Waals surface area contributed by atoms with Crippen LogP contribution in [0, 0.1) is 20.8 Å². The van der Waals surface area contributed by atoms with Crippen molar-refractivity contribution in [3.63, 3.8) is 0 Å². The Hall–Kier alpha value is -3.38. The molecule has 0 aliphatic carbocycles. The Kier molecular flexibility index (Phi) is 6.73. The van der Waals surface area contributed by atoms with Crippen LogP contribution >= 0.6 is 0 Å². The number of anilines is 1. The fourth-order valence-corrected chi connectivity index (χ4v) is 4.99. The van der Waals surface area contributed by atoms with Gasteiger partial charge in [-0.2, -0.15) is 5.10 Å². The monoisotopic (exact) mass is 469 g/mol. The molecule has 2 aliphatic heterocycles. The van der Waals surface area contributed by atoms with Crippen LogP contribution in [0.15, 0.2) is 60.9 Å². The summed E-state index contributed by atoms with van der Waals surface area (Å²) < 4.78 is 1.93. The molecule has 0 saturated carbocycles. The smallest absolute Gasteiger partial charge is 0.236 e. The van der Waals surface area contributed by atoms with Crippen LogP contribution in [0.4, 0.5) is 5.69 Å². The van der Waals surface area contributed by atoms with Crippen LogP contribution in [0.3, 0.4) is 0 Å². The van der Waals surface area contributed by atoms with Crippen molar-refractivity contribution in [1.29, 1.82) is 0 Å². The first-order valence-corrected chi connectivity index (χ1v) is 12.6. The van der Waals surface area contributed by atoms with E-state index in [0.29, 0.717) is 6.54 Å². The molecule has 35 heavy (non-hydrogen) atoms. The third-order valence-corrected chi connectivity index (χ3v) is 7.24. The van der Waals surface area contributed by atoms with E-state index in [1.807, 2.05) is 15.8 Å². The summed E-state index contributed by atoms with van der Waals surface area (Å²) in [4.78, 5) is 19.7. The summed E-state index contributed by atoms with van der Waals surface area (Å²) in [6.07, 6.45) is 7.24. The van der Waals surface area contributed by atoms with Gasteiger partial charge in [0.15, 0.2) is 0 Å². The molecule has 0 radical (unpaired) electrons. The normalized spacial score (nSPS) is 16.9. The van der Waals surface area contributed by atoms with Gasteiger partial charge in [0.25, 0.3) is 0 Å². The van der Waals surface area contributed by atoms with Crippen molar-refractivity contribution in [2.45, 2.75) is 27.2 Å². The minimum absolute atomic E-state index is 0.245. The largest absolute Gasteiger partial charge is 0.368 e. The van der Waals surface area contributed by atoms with Gasteiger partial charge in [-0.3, -0.25) is 9.69 Å². The molecule has 0 unspecified atom stereocenters. The van der Waals surface area contributed by atoms with Gasteiger partial charge in [-0.15, -0.1) is 0 Å². The Morgan fingerprint density at radius 1 is 0.914 bits per heavy atom. The average molecular weight is 470 g/mol. The van der Waals surface area contributed by atoms with E-state index in [-0.39, 0.29) is 5.91 Å². The number of aromatic nitrogens is 2. The van der Waals surface area contributed by atoms with Crippen molar-refractivity contribution in [1.82, 2.24) is 19.6 Å². The van der Waals surface area contributed by atoms with E-state index in [2.05, 4.69) is 90.4 Å². The molecule has 1 amide bonds. The Bertz CT molecular complexity index is 1220. The van der Waals surface area contributed by atoms with Gasteiger partial charge in [-0.25, -0.2) is 4.68 Å². The topological polar surface area (TPSA) is 44.6 Å². The predicted molar refractivity (Wildman–Crippen MR) is 142 cm³/mol. The van der Waals surface area contributed by atoms with Crippen molar-refractivity contribution in [3.8, 4) is 5.69 Å². The van der Waals surface area contributed by atoms with Crippen LogP contribution < -0.4 is 4.90 Å². The highest BCUT2D eigenvalue weighted by Gasteiger charge is 2.24. The molecule has 6 heteroatoms. The summed E-state index contributed by atoms with van der Waals surface area (Å²) >= 11 is 0. The lowest BCUT2D eigenvalue weighted by molar-refractivity contribution is -0.132. The van der Waals surface area contributed by atoms with E-state index in [0.717, 1.165) is 51.4 Å². The zero-order chi connectivity index (χ0) is 24.4. The van der Waals surface area contributed by atoms with Crippen molar-refractivity contribution >= 4 is 17.2 Å². The zero-order valence-electron chi connectivity index (χ0n) is 21.1. The molecule has 6 nitrogen and oxygen atoms in total. The maximum Gasteiger partial charge on any atom is 0.236 e. The Balaban J connectivity index is 1.13. The second-order valence-corrected chi connectivity index (χ2v) is 9.88. The summed E-state index contributed by atoms with van der Waals surface area (Å²) in [5.41, 5.74) is 8.68. The molecule has 1 fully saturated rings. The van der Waals surface area contributed by atoms with Crippen LogP contribution in [0.1, 0.15) is 28.7 Å². The second-order valence-electron chi connectivity index (χ2n) is 9.88. The van der Waals surface area contributed by atoms with E-state index < -0.39 is 0 Å². The van der Waals surface area contributed by atoms with Crippen molar-refractivity contribution < 1.29 is 4.79 Å². The second kappa shape index (κ2) is 10.1. The number of hydrogen-bond acceptors (Lipinski definition) is 4. The van der Waals surface area contributed by atoms with E-state index in [9.17, 15) is 4.79 Å². The first-order chi connectivity index (χ1) is 17.0. The number of aryl methyl sites for hydroxylation is 3. The molecular formula is C29H35N5O. The molecule has 3 heterocycles. The maximum atomic E-state index is 13.0. The van der Waals surface area contributed by atoms with Crippen LogP contribution in [-0.4, -0.2) is 71.3 Å². The maximum absolute atomic E-state index is 13.0. The lowest BCUT2D eigenvalue weighted by Crippen LogP contribution is -2.51. The molecule has 1 saturated heterocycles. The molecule has 2 aliphatic rings. The molecule has 0 spiro atoms. The van der Waals surface area contributed by atoms with E-state index in [4.69, 9.17) is 0 Å². The predicted octanol–water partition coefficient (Wildman–Crippen LogP) is 4.24. The SMILES string of the molecule is Cc1ccc(-n2cc(C3=CCN(CC(=O)N4CCN(c5cc(C)ccc5C)CC4)CC3)cn2)cc1. The van der Waals surface area contributed by atoms with E-state index in [1.165, 1.54) is 33.5 Å². The lowest BCUT2D eigenvalue weighted by atomic mass is 10.0. The van der Waals surface area contributed by atoms with Gasteiger partial charge >= 0.3 is 0 Å². The van der Waals surface area contributed by atoms with Crippen LogP contribution in [-0.2, 0) is 4.79 Å². The van der Waals surface area contributed by atoms with Gasteiger partial charge in [0.05, 0.1) is 18.4 Å². The number of hydrogen-bond donors (Lipinski definition) is 0. The van der Waals surface area contributed by atoms with Crippen LogP contribution in [0.25, 0.3) is 11.3 Å². The highest BCUT2D eigenvalue weighted by Crippen LogP contribution is 2.24. The Morgan fingerprint density at radius 2 is 1.66 bits per heavy atom. The van der Waals surface area contributed by atoms with Crippen molar-refractivity contribution in [2.24, 2.45) is 0 Å². The van der Waals surface area contributed by atoms with Gasteiger partial charge in [-0.05, 0) is 62.1 Å². The first-order valence-electron chi connectivity index (χ1n) is 12.6. The van der Waals surface area contributed by atoms with Crippen LogP contribution in [0.5, 0.6) is 0 Å². The quantitative estimate of drug-likeness (QED) is 0.561. The molecule has 1 aromatic heterocycles. The van der Waals surface area contributed by atoms with E-state index >= 15 is 0 Å². The number of piperazine rings is 1. The molecule has 0 atom stereocenters. The number of benzene rings is 2. The average Bonchev–Trinajstić information content (AvgIpc) is 3.37. The van der Waals surface area contributed by atoms with Gasteiger partial charge < -0.3 is 9.80 Å². The standard InChI is InChI=1S/C29H35N5O/c1-22-5-8-27(9-6-22)34-20-26(19-30-34)25-10-12-31(13-11-25)21-29(35)33-16-14-32(15-17-33)28-18-23(2)4-7-24(28)3/h4-10,18-20H,11-17,21H2,1-3H3. The summed E-state index contributed by atoms with van der Waals surface area (Å²) in [6.45, 7) is 12.0. The number of carbonyl (C=O) groups excluding carboxylic acids is 1. The zero-order valence-corrected chi connectivity index (χ0v) is 21.1. The molecule has 0 bridgehead atoms. The van der Waals surface area contributed by atoms with Gasteiger partial charge in [-0.1, -0.05) is 35.9 Å². The molecule has 2 aromatic carbocycles. The first kappa shape index (κ1) is 23.4. The minimum Gasteiger partial charge on any atom is -0.368 e. The van der Waals surface area contributed by atoms with Gasteiger partial charge in [0, 0.05) is 56.7 Å². The van der Waals surface area contributed by atoms with Crippen molar-refractivity contribution in [2.75, 3.05) is 50.7 Å². The minimum atomic E-state index is 0.245. The number of amides is 1. The third-order valence-electron chi connectivity index (χ3n) is 7.24. The molecule has 3 aromatic rings.